The first-order chi connectivity index (χ1) is 19.0. The molecule has 1 aromatic heterocycles. The molecule has 4 amide bonds. The highest BCUT2D eigenvalue weighted by Gasteiger charge is 2.35. The van der Waals surface area contributed by atoms with E-state index in [9.17, 15) is 14.4 Å². The van der Waals surface area contributed by atoms with Crippen LogP contribution in [0.2, 0.25) is 0 Å². The van der Waals surface area contributed by atoms with Crippen LogP contribution >= 0.6 is 0 Å². The number of rotatable bonds is 5. The molecule has 214 valence electrons. The van der Waals surface area contributed by atoms with Gasteiger partial charge < -0.3 is 35.4 Å². The minimum absolute atomic E-state index is 0.0578. The fraction of sp³-hybridized carbons (Fsp3) is 0.536. The number of nitrogens with zero attached hydrogens (tertiary/aromatic N) is 6. The number of ether oxygens (including phenoxy) is 1. The molecule has 4 heterocycles. The molecule has 3 N–H and O–H groups in total. The summed E-state index contributed by atoms with van der Waals surface area (Å²) >= 11 is 0. The van der Waals surface area contributed by atoms with Gasteiger partial charge in [0.15, 0.2) is 11.5 Å². The molecule has 2 aromatic rings. The lowest BCUT2D eigenvalue weighted by Gasteiger charge is -2.37. The zero-order valence-electron chi connectivity index (χ0n) is 23.6. The SMILES string of the molecule is CN1CCN([C@@H]2CCCN(c3cnc(C(N)=O)c(Nc4ccc5c(c4)CCN(C(=O)OC(C)(C)C)C5)n3)C2)C1=O. The Morgan fingerprint density at radius 2 is 1.93 bits per heavy atom. The maximum Gasteiger partial charge on any atom is 0.410 e. The number of primary amides is 1. The summed E-state index contributed by atoms with van der Waals surface area (Å²) in [6.07, 6.45) is 3.79. The predicted molar refractivity (Wildman–Crippen MR) is 151 cm³/mol. The Labute approximate surface area is 234 Å². The van der Waals surface area contributed by atoms with Crippen molar-refractivity contribution in [3.63, 3.8) is 0 Å². The first kappa shape index (κ1) is 27.5. The summed E-state index contributed by atoms with van der Waals surface area (Å²) in [6.45, 7) is 9.48. The molecule has 0 radical (unpaired) electrons. The molecule has 1 aromatic carbocycles. The van der Waals surface area contributed by atoms with Crippen molar-refractivity contribution in [1.29, 1.82) is 0 Å². The number of nitrogens with two attached hydrogens (primary N) is 1. The van der Waals surface area contributed by atoms with E-state index in [0.717, 1.165) is 49.3 Å². The van der Waals surface area contributed by atoms with E-state index in [0.29, 0.717) is 31.9 Å². The molecule has 1 atom stereocenters. The number of anilines is 3. The number of fused-ring (bicyclic) bond motifs is 1. The number of benzene rings is 1. The number of aromatic nitrogens is 2. The van der Waals surface area contributed by atoms with Crippen molar-refractivity contribution in [2.45, 2.75) is 58.2 Å². The summed E-state index contributed by atoms with van der Waals surface area (Å²) < 4.78 is 5.53. The largest absolute Gasteiger partial charge is 0.444 e. The third-order valence-electron chi connectivity index (χ3n) is 7.54. The van der Waals surface area contributed by atoms with Crippen molar-refractivity contribution in [1.82, 2.24) is 24.7 Å². The van der Waals surface area contributed by atoms with E-state index >= 15 is 0 Å². The molecule has 3 aliphatic heterocycles. The van der Waals surface area contributed by atoms with Gasteiger partial charge in [-0.05, 0) is 63.3 Å². The Morgan fingerprint density at radius 1 is 1.12 bits per heavy atom. The van der Waals surface area contributed by atoms with E-state index in [1.165, 1.54) is 0 Å². The van der Waals surface area contributed by atoms with E-state index in [-0.39, 0.29) is 29.7 Å². The molecule has 2 fully saturated rings. The quantitative estimate of drug-likeness (QED) is 0.580. The van der Waals surface area contributed by atoms with Gasteiger partial charge in [-0.3, -0.25) is 4.79 Å². The molecule has 3 aliphatic rings. The number of nitrogens with one attached hydrogen (secondary N) is 1. The minimum atomic E-state index is -0.672. The number of amides is 4. The van der Waals surface area contributed by atoms with Gasteiger partial charge in [0.2, 0.25) is 0 Å². The first-order valence-electron chi connectivity index (χ1n) is 13.8. The molecule has 40 heavy (non-hydrogen) atoms. The number of carbonyl (C=O) groups excluding carboxylic acids is 3. The number of hydrogen-bond donors (Lipinski definition) is 2. The second-order valence-electron chi connectivity index (χ2n) is 11.7. The third kappa shape index (κ3) is 5.90. The van der Waals surface area contributed by atoms with Gasteiger partial charge in [-0.25, -0.2) is 19.6 Å². The summed E-state index contributed by atoms with van der Waals surface area (Å²) in [6, 6.07) is 6.03. The van der Waals surface area contributed by atoms with Crippen LogP contribution in [0.1, 0.15) is 55.2 Å². The van der Waals surface area contributed by atoms with Crippen molar-refractivity contribution in [3.8, 4) is 0 Å². The maximum atomic E-state index is 12.6. The second kappa shape index (κ2) is 10.8. The zero-order valence-corrected chi connectivity index (χ0v) is 23.6. The van der Waals surface area contributed by atoms with Gasteiger partial charge in [0, 0.05) is 52.0 Å². The van der Waals surface area contributed by atoms with Crippen LogP contribution in [0.25, 0.3) is 0 Å². The van der Waals surface area contributed by atoms with Gasteiger partial charge in [-0.2, -0.15) is 0 Å². The molecule has 0 bridgehead atoms. The predicted octanol–water partition coefficient (Wildman–Crippen LogP) is 2.95. The topological polar surface area (TPSA) is 137 Å². The van der Waals surface area contributed by atoms with E-state index in [1.807, 2.05) is 50.9 Å². The lowest BCUT2D eigenvalue weighted by molar-refractivity contribution is 0.0224. The highest BCUT2D eigenvalue weighted by molar-refractivity contribution is 5.96. The summed E-state index contributed by atoms with van der Waals surface area (Å²) in [4.78, 5) is 53.9. The zero-order chi connectivity index (χ0) is 28.6. The van der Waals surface area contributed by atoms with Crippen LogP contribution in [0.5, 0.6) is 0 Å². The maximum absolute atomic E-state index is 12.6. The number of carbonyl (C=O) groups is 3. The normalized spacial score (nSPS) is 19.5. The van der Waals surface area contributed by atoms with E-state index in [1.54, 1.807) is 16.0 Å². The van der Waals surface area contributed by atoms with Crippen LogP contribution in [0, 0.1) is 0 Å². The monoisotopic (exact) mass is 550 g/mol. The highest BCUT2D eigenvalue weighted by Crippen LogP contribution is 2.28. The first-order valence-corrected chi connectivity index (χ1v) is 13.8. The second-order valence-corrected chi connectivity index (χ2v) is 11.7. The Morgan fingerprint density at radius 3 is 2.62 bits per heavy atom. The summed E-state index contributed by atoms with van der Waals surface area (Å²) in [7, 11) is 1.83. The van der Waals surface area contributed by atoms with Crippen LogP contribution in [-0.4, -0.2) is 94.1 Å². The lowest BCUT2D eigenvalue weighted by Crippen LogP contribution is -2.49. The van der Waals surface area contributed by atoms with Crippen molar-refractivity contribution < 1.29 is 19.1 Å². The van der Waals surface area contributed by atoms with Crippen LogP contribution < -0.4 is 16.0 Å². The molecule has 0 aliphatic carbocycles. The van der Waals surface area contributed by atoms with Crippen LogP contribution in [-0.2, 0) is 17.7 Å². The Balaban J connectivity index is 1.32. The van der Waals surface area contributed by atoms with Crippen LogP contribution in [0.3, 0.4) is 0 Å². The molecular weight excluding hydrogens is 512 g/mol. The lowest BCUT2D eigenvalue weighted by atomic mass is 9.99. The number of hydrogen-bond acceptors (Lipinski definition) is 8. The molecule has 2 saturated heterocycles. The van der Waals surface area contributed by atoms with Crippen molar-refractivity contribution in [2.75, 3.05) is 50.0 Å². The molecular formula is C28H38N8O4. The fourth-order valence-corrected chi connectivity index (χ4v) is 5.47. The van der Waals surface area contributed by atoms with Crippen molar-refractivity contribution >= 4 is 35.4 Å². The van der Waals surface area contributed by atoms with E-state index < -0.39 is 11.5 Å². The molecule has 0 spiro atoms. The smallest absolute Gasteiger partial charge is 0.410 e. The van der Waals surface area contributed by atoms with Gasteiger partial charge in [0.05, 0.1) is 12.2 Å². The van der Waals surface area contributed by atoms with E-state index in [2.05, 4.69) is 15.2 Å². The molecule has 12 nitrogen and oxygen atoms in total. The standard InChI is InChI=1S/C28H38N8O4/c1-28(2,3)40-27(39)35-11-9-18-14-20(8-7-19(18)16-35)31-25-23(24(29)37)30-15-22(32-25)34-10-5-6-21(17-34)36-13-12-33(4)26(36)38/h7-8,14-15,21H,5-6,9-13,16-17H2,1-4H3,(H2,29,37)(H,31,32)/t21-/m1/s1. The van der Waals surface area contributed by atoms with Gasteiger partial charge in [0.1, 0.15) is 11.4 Å². The van der Waals surface area contributed by atoms with Gasteiger partial charge in [-0.1, -0.05) is 6.07 Å². The van der Waals surface area contributed by atoms with Crippen LogP contribution in [0.15, 0.2) is 24.4 Å². The molecule has 0 saturated carbocycles. The summed E-state index contributed by atoms with van der Waals surface area (Å²) in [5.74, 6) is 0.244. The van der Waals surface area contributed by atoms with Crippen LogP contribution in [0.4, 0.5) is 26.9 Å². The van der Waals surface area contributed by atoms with Gasteiger partial charge in [-0.15, -0.1) is 0 Å². The third-order valence-corrected chi connectivity index (χ3v) is 7.54. The van der Waals surface area contributed by atoms with Gasteiger partial charge >= 0.3 is 12.1 Å². The Hall–Kier alpha value is -4.09. The Kier molecular flexibility index (Phi) is 7.43. The molecule has 0 unspecified atom stereocenters. The van der Waals surface area contributed by atoms with E-state index in [4.69, 9.17) is 15.5 Å². The summed E-state index contributed by atoms with van der Waals surface area (Å²) in [5, 5.41) is 3.25. The number of piperidine rings is 1. The average Bonchev–Trinajstić information content (AvgIpc) is 3.25. The fourth-order valence-electron chi connectivity index (χ4n) is 5.47. The van der Waals surface area contributed by atoms with Crippen molar-refractivity contribution in [2.24, 2.45) is 5.73 Å². The molecule has 12 heteroatoms. The van der Waals surface area contributed by atoms with Gasteiger partial charge in [0.25, 0.3) is 5.91 Å². The highest BCUT2D eigenvalue weighted by atomic mass is 16.6. The average molecular weight is 551 g/mol. The number of urea groups is 1. The molecule has 5 rings (SSSR count). The van der Waals surface area contributed by atoms with Crippen molar-refractivity contribution in [3.05, 3.63) is 41.2 Å². The minimum Gasteiger partial charge on any atom is -0.444 e. The summed E-state index contributed by atoms with van der Waals surface area (Å²) in [5.41, 5.74) is 8.04. The number of likely N-dealkylation sites (N-methyl/N-ethyl adjacent to an activating group) is 1. The Bertz CT molecular complexity index is 1310.